The van der Waals surface area contributed by atoms with Crippen LogP contribution >= 0.6 is 12.2 Å². The highest BCUT2D eigenvalue weighted by Crippen LogP contribution is 2.28. The predicted molar refractivity (Wildman–Crippen MR) is 90.2 cm³/mol. The molecule has 0 bridgehead atoms. The SMILES string of the molecule is COc1cc(C=Nn2c(=S)[nH]nc(C)c2=O)ccc1OC(C)C. The summed E-state index contributed by atoms with van der Waals surface area (Å²) < 4.78 is 12.2. The highest BCUT2D eigenvalue weighted by Gasteiger charge is 2.07. The van der Waals surface area contributed by atoms with Crippen LogP contribution in [-0.4, -0.2) is 34.3 Å². The number of hydrogen-bond acceptors (Lipinski definition) is 6. The maximum atomic E-state index is 12.0. The summed E-state index contributed by atoms with van der Waals surface area (Å²) in [7, 11) is 1.57. The summed E-state index contributed by atoms with van der Waals surface area (Å²) in [6, 6.07) is 5.38. The number of aromatic nitrogens is 3. The molecule has 0 aliphatic rings. The molecule has 0 radical (unpaired) electrons. The van der Waals surface area contributed by atoms with Crippen LogP contribution < -0.4 is 15.0 Å². The molecule has 1 aromatic carbocycles. The smallest absolute Gasteiger partial charge is 0.296 e. The molecule has 8 heteroatoms. The fourth-order valence-electron chi connectivity index (χ4n) is 1.82. The Morgan fingerprint density at radius 2 is 2.13 bits per heavy atom. The number of benzene rings is 1. The van der Waals surface area contributed by atoms with Gasteiger partial charge in [-0.15, -0.1) is 0 Å². The molecule has 0 saturated heterocycles. The molecular formula is C15H18N4O3S. The molecule has 2 aromatic rings. The van der Waals surface area contributed by atoms with Crippen molar-refractivity contribution in [2.75, 3.05) is 7.11 Å². The first-order valence-corrected chi connectivity index (χ1v) is 7.40. The van der Waals surface area contributed by atoms with Crippen molar-refractivity contribution in [2.45, 2.75) is 26.9 Å². The molecule has 1 N–H and O–H groups in total. The van der Waals surface area contributed by atoms with E-state index in [0.29, 0.717) is 11.5 Å². The van der Waals surface area contributed by atoms with Crippen molar-refractivity contribution in [3.05, 3.63) is 44.6 Å². The van der Waals surface area contributed by atoms with Crippen LogP contribution in [0.4, 0.5) is 0 Å². The molecule has 0 atom stereocenters. The second kappa shape index (κ2) is 7.19. The molecule has 23 heavy (non-hydrogen) atoms. The molecule has 0 aliphatic heterocycles. The number of ether oxygens (including phenoxy) is 2. The Kier molecular flexibility index (Phi) is 5.28. The van der Waals surface area contributed by atoms with Gasteiger partial charge in [0, 0.05) is 0 Å². The van der Waals surface area contributed by atoms with Gasteiger partial charge in [-0.2, -0.15) is 14.9 Å². The summed E-state index contributed by atoms with van der Waals surface area (Å²) in [5.41, 5.74) is 0.666. The van der Waals surface area contributed by atoms with Crippen LogP contribution in [0.5, 0.6) is 11.5 Å². The Bertz CT molecular complexity index is 839. The first-order chi connectivity index (χ1) is 10.9. The fraction of sp³-hybridized carbons (Fsp3) is 0.333. The Labute approximate surface area is 138 Å². The van der Waals surface area contributed by atoms with E-state index in [4.69, 9.17) is 21.7 Å². The van der Waals surface area contributed by atoms with Crippen molar-refractivity contribution in [2.24, 2.45) is 5.10 Å². The zero-order valence-corrected chi connectivity index (χ0v) is 14.2. The van der Waals surface area contributed by atoms with Crippen molar-refractivity contribution >= 4 is 18.4 Å². The van der Waals surface area contributed by atoms with Gasteiger partial charge >= 0.3 is 0 Å². The van der Waals surface area contributed by atoms with Gasteiger partial charge in [0.15, 0.2) is 11.5 Å². The van der Waals surface area contributed by atoms with Crippen LogP contribution in [0, 0.1) is 11.7 Å². The van der Waals surface area contributed by atoms with Crippen LogP contribution in [0.25, 0.3) is 0 Å². The highest BCUT2D eigenvalue weighted by molar-refractivity contribution is 7.71. The van der Waals surface area contributed by atoms with Crippen LogP contribution in [-0.2, 0) is 0 Å². The third-order valence-corrected chi connectivity index (χ3v) is 3.15. The van der Waals surface area contributed by atoms with Crippen molar-refractivity contribution in [3.63, 3.8) is 0 Å². The molecule has 0 saturated carbocycles. The lowest BCUT2D eigenvalue weighted by Gasteiger charge is -2.13. The maximum Gasteiger partial charge on any atom is 0.296 e. The zero-order valence-electron chi connectivity index (χ0n) is 13.4. The third kappa shape index (κ3) is 4.04. The van der Waals surface area contributed by atoms with Crippen LogP contribution in [0.15, 0.2) is 28.1 Å². The van der Waals surface area contributed by atoms with Gasteiger partial charge in [-0.3, -0.25) is 9.89 Å². The molecule has 122 valence electrons. The summed E-state index contributed by atoms with van der Waals surface area (Å²) >= 11 is 5.02. The number of hydrogen-bond donors (Lipinski definition) is 1. The molecular weight excluding hydrogens is 316 g/mol. The van der Waals surface area contributed by atoms with E-state index in [2.05, 4.69) is 15.3 Å². The molecule has 1 aromatic heterocycles. The van der Waals surface area contributed by atoms with Gasteiger partial charge in [0.05, 0.1) is 19.4 Å². The van der Waals surface area contributed by atoms with E-state index in [9.17, 15) is 4.79 Å². The van der Waals surface area contributed by atoms with Gasteiger partial charge in [-0.05, 0) is 56.8 Å². The second-order valence-electron chi connectivity index (χ2n) is 5.05. The van der Waals surface area contributed by atoms with Crippen molar-refractivity contribution in [3.8, 4) is 11.5 Å². The van der Waals surface area contributed by atoms with Crippen molar-refractivity contribution in [1.82, 2.24) is 14.9 Å². The van der Waals surface area contributed by atoms with Gasteiger partial charge in [0.25, 0.3) is 5.56 Å². The largest absolute Gasteiger partial charge is 0.493 e. The predicted octanol–water partition coefficient (Wildman–Crippen LogP) is 2.29. The minimum atomic E-state index is -0.364. The number of nitrogens with one attached hydrogen (secondary N) is 1. The number of aromatic amines is 1. The summed E-state index contributed by atoms with van der Waals surface area (Å²) in [4.78, 5) is 12.0. The van der Waals surface area contributed by atoms with E-state index in [-0.39, 0.29) is 22.1 Å². The van der Waals surface area contributed by atoms with Gasteiger partial charge < -0.3 is 9.47 Å². The lowest BCUT2D eigenvalue weighted by molar-refractivity contribution is 0.230. The van der Waals surface area contributed by atoms with Crippen molar-refractivity contribution in [1.29, 1.82) is 0 Å². The van der Waals surface area contributed by atoms with Crippen molar-refractivity contribution < 1.29 is 9.47 Å². The standard InChI is InChI=1S/C15H18N4O3S/c1-9(2)22-12-6-5-11(7-13(12)21-4)8-16-19-14(20)10(3)17-18-15(19)23/h5-9H,1-4H3,(H,18,23). The van der Waals surface area contributed by atoms with E-state index in [0.717, 1.165) is 10.2 Å². The average molecular weight is 334 g/mol. The van der Waals surface area contributed by atoms with Crippen LogP contribution in [0.3, 0.4) is 0 Å². The van der Waals surface area contributed by atoms with Gasteiger partial charge in [-0.1, -0.05) is 0 Å². The quantitative estimate of drug-likeness (QED) is 0.670. The van der Waals surface area contributed by atoms with Gasteiger partial charge in [0.1, 0.15) is 5.69 Å². The number of nitrogens with zero attached hydrogens (tertiary/aromatic N) is 3. The third-order valence-electron chi connectivity index (χ3n) is 2.89. The first-order valence-electron chi connectivity index (χ1n) is 6.99. The molecule has 2 rings (SSSR count). The van der Waals surface area contributed by atoms with E-state index < -0.39 is 0 Å². The number of aryl methyl sites for hydroxylation is 1. The average Bonchev–Trinajstić information content (AvgIpc) is 2.51. The van der Waals surface area contributed by atoms with Crippen LogP contribution in [0.1, 0.15) is 25.1 Å². The summed E-state index contributed by atoms with van der Waals surface area (Å²) in [6.07, 6.45) is 1.56. The highest BCUT2D eigenvalue weighted by atomic mass is 32.1. The maximum absolute atomic E-state index is 12.0. The van der Waals surface area contributed by atoms with E-state index in [1.807, 2.05) is 19.9 Å². The van der Waals surface area contributed by atoms with Gasteiger partial charge in [-0.25, -0.2) is 0 Å². The lowest BCUT2D eigenvalue weighted by Crippen LogP contribution is -2.22. The summed E-state index contributed by atoms with van der Waals surface area (Å²) in [5.74, 6) is 1.24. The Hall–Kier alpha value is -2.48. The Balaban J connectivity index is 2.36. The topological polar surface area (TPSA) is 81.5 Å². The summed E-state index contributed by atoms with van der Waals surface area (Å²) in [5, 5.41) is 10.5. The fourth-order valence-corrected chi connectivity index (χ4v) is 1.99. The molecule has 0 fully saturated rings. The Morgan fingerprint density at radius 3 is 2.78 bits per heavy atom. The first kappa shape index (κ1) is 16.9. The Morgan fingerprint density at radius 1 is 1.39 bits per heavy atom. The summed E-state index contributed by atoms with van der Waals surface area (Å²) in [6.45, 7) is 5.46. The van der Waals surface area contributed by atoms with E-state index in [1.54, 1.807) is 26.2 Å². The number of rotatable bonds is 5. The number of methoxy groups -OCH3 is 1. The molecule has 0 amide bonds. The zero-order chi connectivity index (χ0) is 17.0. The van der Waals surface area contributed by atoms with Crippen LogP contribution in [0.2, 0.25) is 0 Å². The molecule has 0 spiro atoms. The lowest BCUT2D eigenvalue weighted by atomic mass is 10.2. The normalized spacial score (nSPS) is 11.2. The molecule has 1 heterocycles. The molecule has 0 aliphatic carbocycles. The molecule has 7 nitrogen and oxygen atoms in total. The number of H-pyrrole nitrogens is 1. The monoisotopic (exact) mass is 334 g/mol. The minimum Gasteiger partial charge on any atom is -0.493 e. The van der Waals surface area contributed by atoms with E-state index >= 15 is 0 Å². The minimum absolute atomic E-state index is 0.0418. The van der Waals surface area contributed by atoms with E-state index in [1.165, 1.54) is 6.21 Å². The second-order valence-corrected chi connectivity index (χ2v) is 5.44. The van der Waals surface area contributed by atoms with Gasteiger partial charge in [0.2, 0.25) is 4.77 Å². The molecule has 0 unspecified atom stereocenters.